The van der Waals surface area contributed by atoms with E-state index in [9.17, 15) is 19.2 Å². The first-order valence-corrected chi connectivity index (χ1v) is 10.4. The first kappa shape index (κ1) is 25.1. The Balaban J connectivity index is 2.11. The molecule has 12 nitrogen and oxygen atoms in total. The molecule has 2 heterocycles. The Hall–Kier alpha value is -3.51. The van der Waals surface area contributed by atoms with E-state index in [2.05, 4.69) is 10.1 Å². The van der Waals surface area contributed by atoms with Crippen LogP contribution in [0, 0.1) is 0 Å². The summed E-state index contributed by atoms with van der Waals surface area (Å²) >= 11 is 5.98. The van der Waals surface area contributed by atoms with Crippen LogP contribution < -0.4 is 0 Å². The summed E-state index contributed by atoms with van der Waals surface area (Å²) in [4.78, 5) is 51.4. The molecule has 34 heavy (non-hydrogen) atoms. The molecule has 1 aromatic heterocycles. The van der Waals surface area contributed by atoms with Gasteiger partial charge in [-0.05, 0) is 24.3 Å². The number of methoxy groups -OCH3 is 1. The summed E-state index contributed by atoms with van der Waals surface area (Å²) in [6.07, 6.45) is -4.56. The predicted molar refractivity (Wildman–Crippen MR) is 113 cm³/mol. The van der Waals surface area contributed by atoms with E-state index in [0.29, 0.717) is 10.6 Å². The van der Waals surface area contributed by atoms with Gasteiger partial charge in [0.15, 0.2) is 24.3 Å². The smallest absolute Gasteiger partial charge is 0.377 e. The zero-order valence-corrected chi connectivity index (χ0v) is 19.5. The van der Waals surface area contributed by atoms with Crippen molar-refractivity contribution in [3.8, 4) is 11.4 Å². The second kappa shape index (κ2) is 10.6. The van der Waals surface area contributed by atoms with Gasteiger partial charge in [0.05, 0.1) is 7.11 Å². The number of halogens is 1. The number of esters is 4. The fourth-order valence-electron chi connectivity index (χ4n) is 3.36. The molecule has 0 bridgehead atoms. The molecule has 1 aliphatic heterocycles. The van der Waals surface area contributed by atoms with Crippen LogP contribution >= 0.6 is 11.6 Å². The quantitative estimate of drug-likeness (QED) is 0.408. The minimum absolute atomic E-state index is 0.161. The van der Waals surface area contributed by atoms with Crippen LogP contribution in [0.1, 0.15) is 37.6 Å². The molecule has 0 saturated carbocycles. The van der Waals surface area contributed by atoms with Crippen molar-refractivity contribution < 1.29 is 42.9 Å². The topological polar surface area (TPSA) is 145 Å². The molecule has 2 aromatic rings. The Morgan fingerprint density at radius 1 is 1.00 bits per heavy atom. The lowest BCUT2D eigenvalue weighted by Gasteiger charge is -2.23. The van der Waals surface area contributed by atoms with Crippen molar-refractivity contribution in [2.24, 2.45) is 0 Å². The molecule has 0 aliphatic carbocycles. The molecular weight excluding hydrogens is 474 g/mol. The first-order valence-electron chi connectivity index (χ1n) is 10.0. The number of nitrogens with zero attached hydrogens (tertiary/aromatic N) is 3. The molecule has 1 aliphatic rings. The van der Waals surface area contributed by atoms with E-state index in [0.717, 1.165) is 0 Å². The molecule has 0 spiro atoms. The van der Waals surface area contributed by atoms with Crippen LogP contribution in [0.3, 0.4) is 0 Å². The summed E-state index contributed by atoms with van der Waals surface area (Å²) in [5.41, 5.74) is 0.504. The van der Waals surface area contributed by atoms with Gasteiger partial charge in [0, 0.05) is 31.4 Å². The van der Waals surface area contributed by atoms with Crippen molar-refractivity contribution in [1.29, 1.82) is 0 Å². The maximum Gasteiger partial charge on any atom is 0.377 e. The van der Waals surface area contributed by atoms with Crippen molar-refractivity contribution in [3.05, 3.63) is 35.1 Å². The second-order valence-electron chi connectivity index (χ2n) is 7.22. The first-order chi connectivity index (χ1) is 16.1. The molecule has 1 aromatic carbocycles. The van der Waals surface area contributed by atoms with Crippen molar-refractivity contribution >= 4 is 35.5 Å². The van der Waals surface area contributed by atoms with E-state index < -0.39 is 48.4 Å². The molecule has 3 rings (SSSR count). The third-order valence-electron chi connectivity index (χ3n) is 4.68. The monoisotopic (exact) mass is 495 g/mol. The fourth-order valence-corrected chi connectivity index (χ4v) is 3.49. The molecule has 0 N–H and O–H groups in total. The summed E-state index contributed by atoms with van der Waals surface area (Å²) in [6.45, 7) is 3.25. The molecule has 1 fully saturated rings. The third-order valence-corrected chi connectivity index (χ3v) is 4.94. The molecule has 1 saturated heterocycles. The predicted octanol–water partition coefficient (Wildman–Crippen LogP) is 1.71. The largest absolute Gasteiger partial charge is 0.463 e. The Labute approximate surface area is 199 Å². The number of hydrogen-bond acceptors (Lipinski definition) is 11. The number of hydrogen-bond donors (Lipinski definition) is 0. The average molecular weight is 496 g/mol. The Morgan fingerprint density at radius 2 is 1.62 bits per heavy atom. The van der Waals surface area contributed by atoms with Gasteiger partial charge in [-0.25, -0.2) is 14.5 Å². The van der Waals surface area contributed by atoms with Crippen molar-refractivity contribution in [3.63, 3.8) is 0 Å². The van der Waals surface area contributed by atoms with Gasteiger partial charge in [-0.2, -0.15) is 0 Å². The highest BCUT2D eigenvalue weighted by molar-refractivity contribution is 6.30. The van der Waals surface area contributed by atoms with Gasteiger partial charge >= 0.3 is 23.9 Å². The SMILES string of the molecule is COC(=O)c1nc(-c2ccc(Cl)cc2)n([C@@H]2O[C@H](COC(C)=O)[C@@H](OC(C)=O)[C@H]2OC(C)=O)n1. The zero-order chi connectivity index (χ0) is 25.0. The van der Waals surface area contributed by atoms with Gasteiger partial charge in [-0.1, -0.05) is 11.6 Å². The van der Waals surface area contributed by atoms with Crippen molar-refractivity contribution in [2.75, 3.05) is 13.7 Å². The highest BCUT2D eigenvalue weighted by atomic mass is 35.5. The van der Waals surface area contributed by atoms with Gasteiger partial charge in [0.2, 0.25) is 0 Å². The van der Waals surface area contributed by atoms with Gasteiger partial charge < -0.3 is 23.7 Å². The van der Waals surface area contributed by atoms with E-state index in [1.807, 2.05) is 0 Å². The van der Waals surface area contributed by atoms with Crippen LogP contribution in [0.4, 0.5) is 0 Å². The van der Waals surface area contributed by atoms with Gasteiger partial charge in [-0.15, -0.1) is 5.10 Å². The van der Waals surface area contributed by atoms with Gasteiger partial charge in [-0.3, -0.25) is 14.4 Å². The number of aromatic nitrogens is 3. The summed E-state index contributed by atoms with van der Waals surface area (Å²) in [5.74, 6) is -2.90. The summed E-state index contributed by atoms with van der Waals surface area (Å²) in [5, 5.41) is 4.66. The molecule has 182 valence electrons. The molecule has 13 heteroatoms. The maximum absolute atomic E-state index is 12.2. The number of benzene rings is 1. The summed E-state index contributed by atoms with van der Waals surface area (Å²) < 4.78 is 27.7. The van der Waals surface area contributed by atoms with Crippen LogP contribution in [0.25, 0.3) is 11.4 Å². The minimum atomic E-state index is -1.21. The van der Waals surface area contributed by atoms with Gasteiger partial charge in [0.25, 0.3) is 5.82 Å². The third kappa shape index (κ3) is 5.69. The number of rotatable bonds is 7. The van der Waals surface area contributed by atoms with Crippen LogP contribution in [-0.2, 0) is 38.1 Å². The standard InChI is InChI=1S/C21H22ClN3O9/c1-10(26)31-9-15-16(32-11(2)27)17(33-12(3)28)20(34-15)25-19(13-5-7-14(22)8-6-13)23-18(24-25)21(29)30-4/h5-8,15-17,20H,9H2,1-4H3/t15-,16-,17-,20-/m1/s1. The number of carbonyl (C=O) groups is 4. The summed E-state index contributed by atoms with van der Waals surface area (Å²) in [7, 11) is 1.17. The van der Waals surface area contributed by atoms with E-state index in [4.69, 9.17) is 35.3 Å². The maximum atomic E-state index is 12.2. The van der Waals surface area contributed by atoms with Crippen LogP contribution in [0.2, 0.25) is 5.02 Å². The lowest BCUT2D eigenvalue weighted by molar-refractivity contribution is -0.166. The van der Waals surface area contributed by atoms with Crippen molar-refractivity contribution in [2.45, 2.75) is 45.3 Å². The fraction of sp³-hybridized carbons (Fsp3) is 0.429. The minimum Gasteiger partial charge on any atom is -0.463 e. The van der Waals surface area contributed by atoms with Crippen LogP contribution in [0.5, 0.6) is 0 Å². The van der Waals surface area contributed by atoms with Gasteiger partial charge in [0.1, 0.15) is 12.7 Å². The van der Waals surface area contributed by atoms with E-state index in [1.54, 1.807) is 24.3 Å². The van der Waals surface area contributed by atoms with Crippen LogP contribution in [-0.4, -0.2) is 70.7 Å². The van der Waals surface area contributed by atoms with E-state index >= 15 is 0 Å². The average Bonchev–Trinajstić information content (AvgIpc) is 3.34. The number of carbonyl (C=O) groups excluding carboxylic acids is 4. The molecule has 0 unspecified atom stereocenters. The Kier molecular flexibility index (Phi) is 7.84. The lowest BCUT2D eigenvalue weighted by atomic mass is 10.1. The molecule has 4 atom stereocenters. The molecular formula is C21H22ClN3O9. The highest BCUT2D eigenvalue weighted by Crippen LogP contribution is 2.36. The van der Waals surface area contributed by atoms with Crippen LogP contribution in [0.15, 0.2) is 24.3 Å². The van der Waals surface area contributed by atoms with Crippen molar-refractivity contribution in [1.82, 2.24) is 14.8 Å². The van der Waals surface area contributed by atoms with E-state index in [-0.39, 0.29) is 18.3 Å². The van der Waals surface area contributed by atoms with E-state index in [1.165, 1.54) is 32.6 Å². The molecule has 0 amide bonds. The Morgan fingerprint density at radius 3 is 2.18 bits per heavy atom. The zero-order valence-electron chi connectivity index (χ0n) is 18.7. The second-order valence-corrected chi connectivity index (χ2v) is 7.65. The summed E-state index contributed by atoms with van der Waals surface area (Å²) in [6, 6.07) is 6.50. The Bertz CT molecular complexity index is 1090. The number of ether oxygens (including phenoxy) is 5. The normalized spacial score (nSPS) is 21.6. The highest BCUT2D eigenvalue weighted by Gasteiger charge is 2.52. The molecule has 0 radical (unpaired) electrons. The lowest BCUT2D eigenvalue weighted by Crippen LogP contribution is -2.40.